The van der Waals surface area contributed by atoms with Gasteiger partial charge >= 0.3 is 0 Å². The van der Waals surface area contributed by atoms with E-state index in [0.29, 0.717) is 10.9 Å². The molecule has 0 aliphatic carbocycles. The Morgan fingerprint density at radius 3 is 2.95 bits per heavy atom. The summed E-state index contributed by atoms with van der Waals surface area (Å²) in [5.41, 5.74) is 0.692. The van der Waals surface area contributed by atoms with Crippen LogP contribution in [0.15, 0.2) is 29.0 Å². The Morgan fingerprint density at radius 2 is 2.29 bits per heavy atom. The molecule has 0 fully saturated rings. The second kappa shape index (κ2) is 6.41. The SMILES string of the molecule is CC(=N)C(C#N)C(=O)COc1ncnc2ccc(Br)cc12. The average Bonchev–Trinajstić information content (AvgIpc) is 2.45. The van der Waals surface area contributed by atoms with Gasteiger partial charge in [0.2, 0.25) is 5.88 Å². The predicted molar refractivity (Wildman–Crippen MR) is 80.2 cm³/mol. The van der Waals surface area contributed by atoms with Gasteiger partial charge in [0.15, 0.2) is 5.78 Å². The number of carbonyl (C=O) groups is 1. The summed E-state index contributed by atoms with van der Waals surface area (Å²) < 4.78 is 6.24. The van der Waals surface area contributed by atoms with Crippen LogP contribution in [0.5, 0.6) is 5.88 Å². The molecule has 2 aromatic rings. The second-order valence-electron chi connectivity index (χ2n) is 4.34. The highest BCUT2D eigenvalue weighted by atomic mass is 79.9. The minimum Gasteiger partial charge on any atom is -0.469 e. The number of halogens is 1. The van der Waals surface area contributed by atoms with Crippen LogP contribution in [0, 0.1) is 22.7 Å². The van der Waals surface area contributed by atoms with Gasteiger partial charge in [-0.1, -0.05) is 15.9 Å². The monoisotopic (exact) mass is 346 g/mol. The number of rotatable bonds is 5. The van der Waals surface area contributed by atoms with Crippen molar-refractivity contribution in [2.75, 3.05) is 6.61 Å². The van der Waals surface area contributed by atoms with Gasteiger partial charge in [-0.3, -0.25) is 4.79 Å². The van der Waals surface area contributed by atoms with Crippen LogP contribution < -0.4 is 4.74 Å². The van der Waals surface area contributed by atoms with Gasteiger partial charge in [-0.25, -0.2) is 9.97 Å². The third kappa shape index (κ3) is 3.41. The molecule has 0 aliphatic heterocycles. The molecule has 0 spiro atoms. The van der Waals surface area contributed by atoms with Gasteiger partial charge in [-0.05, 0) is 25.1 Å². The number of nitrogens with zero attached hydrogens (tertiary/aromatic N) is 3. The average molecular weight is 347 g/mol. The summed E-state index contributed by atoms with van der Waals surface area (Å²) in [7, 11) is 0. The third-order valence-corrected chi connectivity index (χ3v) is 3.29. The minimum absolute atomic E-state index is 0.00129. The van der Waals surface area contributed by atoms with Crippen LogP contribution in [0.3, 0.4) is 0 Å². The molecular weight excluding hydrogens is 336 g/mol. The molecule has 1 heterocycles. The van der Waals surface area contributed by atoms with E-state index in [9.17, 15) is 4.79 Å². The molecule has 1 aromatic carbocycles. The van der Waals surface area contributed by atoms with Crippen LogP contribution in [0.2, 0.25) is 0 Å². The van der Waals surface area contributed by atoms with Crippen molar-refractivity contribution in [3.05, 3.63) is 29.0 Å². The van der Waals surface area contributed by atoms with Gasteiger partial charge in [-0.2, -0.15) is 5.26 Å². The lowest BCUT2D eigenvalue weighted by atomic mass is 10.0. The van der Waals surface area contributed by atoms with Crippen LogP contribution in [-0.2, 0) is 4.79 Å². The molecule has 0 saturated carbocycles. The molecule has 0 radical (unpaired) electrons. The number of Topliss-reactive ketones (excluding diaryl/α,β-unsaturated/α-hetero) is 1. The summed E-state index contributed by atoms with van der Waals surface area (Å²) in [4.78, 5) is 20.0. The molecule has 1 aromatic heterocycles. The summed E-state index contributed by atoms with van der Waals surface area (Å²) >= 11 is 3.35. The summed E-state index contributed by atoms with van der Waals surface area (Å²) in [6.07, 6.45) is 1.35. The summed E-state index contributed by atoms with van der Waals surface area (Å²) in [6.45, 7) is 1.11. The number of fused-ring (bicyclic) bond motifs is 1. The van der Waals surface area contributed by atoms with Crippen molar-refractivity contribution in [3.63, 3.8) is 0 Å². The van der Waals surface area contributed by atoms with Gasteiger partial charge in [-0.15, -0.1) is 0 Å². The number of hydrogen-bond donors (Lipinski definition) is 1. The molecule has 0 aliphatic rings. The highest BCUT2D eigenvalue weighted by molar-refractivity contribution is 9.10. The van der Waals surface area contributed by atoms with E-state index in [4.69, 9.17) is 15.4 Å². The van der Waals surface area contributed by atoms with E-state index in [-0.39, 0.29) is 18.2 Å². The third-order valence-electron chi connectivity index (χ3n) is 2.80. The number of ketones is 1. The molecule has 2 rings (SSSR count). The van der Waals surface area contributed by atoms with Crippen molar-refractivity contribution >= 4 is 38.3 Å². The van der Waals surface area contributed by atoms with E-state index in [1.54, 1.807) is 18.2 Å². The van der Waals surface area contributed by atoms with Crippen LogP contribution in [0.1, 0.15) is 6.92 Å². The number of nitriles is 1. The molecule has 0 amide bonds. The number of nitrogens with one attached hydrogen (secondary N) is 1. The van der Waals surface area contributed by atoms with Crippen molar-refractivity contribution in [3.8, 4) is 11.9 Å². The molecule has 6 nitrogen and oxygen atoms in total. The van der Waals surface area contributed by atoms with E-state index in [1.807, 2.05) is 6.07 Å². The zero-order valence-electron chi connectivity index (χ0n) is 11.1. The quantitative estimate of drug-likeness (QED) is 0.838. The van der Waals surface area contributed by atoms with Gasteiger partial charge in [0.05, 0.1) is 17.0 Å². The first-order chi connectivity index (χ1) is 10.0. The number of aromatic nitrogens is 2. The van der Waals surface area contributed by atoms with Crippen LogP contribution >= 0.6 is 15.9 Å². The van der Waals surface area contributed by atoms with Gasteiger partial charge in [0.1, 0.15) is 18.9 Å². The fourth-order valence-corrected chi connectivity index (χ4v) is 2.11. The van der Waals surface area contributed by atoms with Crippen molar-refractivity contribution in [2.24, 2.45) is 5.92 Å². The summed E-state index contributed by atoms with van der Waals surface area (Å²) in [5, 5.41) is 16.9. The Hall–Kier alpha value is -2.33. The maximum Gasteiger partial charge on any atom is 0.224 e. The molecule has 1 atom stereocenters. The lowest BCUT2D eigenvalue weighted by Gasteiger charge is -2.09. The molecular formula is C14H11BrN4O2. The van der Waals surface area contributed by atoms with Crippen LogP contribution in [0.25, 0.3) is 10.9 Å². The molecule has 1 unspecified atom stereocenters. The van der Waals surface area contributed by atoms with Crippen molar-refractivity contribution in [1.29, 1.82) is 10.7 Å². The number of ether oxygens (including phenoxy) is 1. The first kappa shape index (κ1) is 15.1. The first-order valence-corrected chi connectivity index (χ1v) is 6.82. The zero-order valence-corrected chi connectivity index (χ0v) is 12.7. The van der Waals surface area contributed by atoms with Gasteiger partial charge in [0, 0.05) is 10.2 Å². The lowest BCUT2D eigenvalue weighted by molar-refractivity contribution is -0.121. The zero-order chi connectivity index (χ0) is 15.4. The molecule has 0 bridgehead atoms. The Labute approximate surface area is 129 Å². The fraction of sp³-hybridized carbons (Fsp3) is 0.214. The van der Waals surface area contributed by atoms with Crippen LogP contribution in [-0.4, -0.2) is 28.1 Å². The summed E-state index contributed by atoms with van der Waals surface area (Å²) in [6, 6.07) is 7.22. The highest BCUT2D eigenvalue weighted by Crippen LogP contribution is 2.24. The normalized spacial score (nSPS) is 11.7. The first-order valence-electron chi connectivity index (χ1n) is 6.03. The standard InChI is InChI=1S/C14H11BrN4O2/c1-8(17)11(5-16)13(20)6-21-14-10-4-9(15)2-3-12(10)18-7-19-14/h2-4,7,11,17H,6H2,1H3. The number of hydrogen-bond acceptors (Lipinski definition) is 6. The Kier molecular flexibility index (Phi) is 4.60. The van der Waals surface area contributed by atoms with Crippen LogP contribution in [0.4, 0.5) is 0 Å². The largest absolute Gasteiger partial charge is 0.469 e. The number of carbonyl (C=O) groups excluding carboxylic acids is 1. The molecule has 0 saturated heterocycles. The van der Waals surface area contributed by atoms with Crippen molar-refractivity contribution < 1.29 is 9.53 Å². The van der Waals surface area contributed by atoms with E-state index in [2.05, 4.69) is 25.9 Å². The van der Waals surface area contributed by atoms with E-state index in [1.165, 1.54) is 13.3 Å². The Balaban J connectivity index is 2.21. The molecule has 7 heteroatoms. The Bertz CT molecular complexity index is 754. The van der Waals surface area contributed by atoms with E-state index in [0.717, 1.165) is 4.47 Å². The Morgan fingerprint density at radius 1 is 1.52 bits per heavy atom. The smallest absolute Gasteiger partial charge is 0.224 e. The second-order valence-corrected chi connectivity index (χ2v) is 5.26. The highest BCUT2D eigenvalue weighted by Gasteiger charge is 2.21. The maximum atomic E-state index is 11.9. The van der Waals surface area contributed by atoms with Gasteiger partial charge in [0.25, 0.3) is 0 Å². The van der Waals surface area contributed by atoms with Crippen molar-refractivity contribution in [2.45, 2.75) is 6.92 Å². The molecule has 1 N–H and O–H groups in total. The topological polar surface area (TPSA) is 99.7 Å². The van der Waals surface area contributed by atoms with E-state index < -0.39 is 11.7 Å². The lowest BCUT2D eigenvalue weighted by Crippen LogP contribution is -2.25. The minimum atomic E-state index is -1.08. The van der Waals surface area contributed by atoms with Gasteiger partial charge < -0.3 is 10.1 Å². The molecule has 21 heavy (non-hydrogen) atoms. The summed E-state index contributed by atoms with van der Waals surface area (Å²) in [5.74, 6) is -1.27. The molecule has 106 valence electrons. The van der Waals surface area contributed by atoms with Crippen molar-refractivity contribution in [1.82, 2.24) is 9.97 Å². The number of benzene rings is 1. The fourth-order valence-electron chi connectivity index (χ4n) is 1.75. The predicted octanol–water partition coefficient (Wildman–Crippen LogP) is 2.52. The maximum absolute atomic E-state index is 11.9. The van der Waals surface area contributed by atoms with E-state index >= 15 is 0 Å².